The fourth-order valence-corrected chi connectivity index (χ4v) is 4.04. The topological polar surface area (TPSA) is 50.1 Å². The number of hydrogen-bond donors (Lipinski definition) is 2. The molecule has 22 heavy (non-hydrogen) atoms. The molecule has 1 aromatic heterocycles. The fourth-order valence-electron chi connectivity index (χ4n) is 3.56. The number of rotatable bonds is 2. The van der Waals surface area contributed by atoms with Crippen LogP contribution >= 0.6 is 23.2 Å². The van der Waals surface area contributed by atoms with E-state index in [2.05, 4.69) is 16.1 Å². The van der Waals surface area contributed by atoms with Gasteiger partial charge in [-0.1, -0.05) is 23.2 Å². The number of fused-ring (bicyclic) bond motifs is 1. The molecule has 0 spiro atoms. The van der Waals surface area contributed by atoms with E-state index in [1.165, 1.54) is 5.69 Å². The van der Waals surface area contributed by atoms with E-state index in [-0.39, 0.29) is 11.7 Å². The van der Waals surface area contributed by atoms with Crippen LogP contribution in [0.4, 0.5) is 0 Å². The summed E-state index contributed by atoms with van der Waals surface area (Å²) in [6.45, 7) is 2.87. The highest BCUT2D eigenvalue weighted by molar-refractivity contribution is 6.42. The summed E-state index contributed by atoms with van der Waals surface area (Å²) in [6.07, 6.45) is 4.09. The van der Waals surface area contributed by atoms with Crippen LogP contribution in [-0.2, 0) is 13.0 Å². The molecule has 1 saturated heterocycles. The van der Waals surface area contributed by atoms with Crippen molar-refractivity contribution < 1.29 is 5.11 Å². The summed E-state index contributed by atoms with van der Waals surface area (Å²) < 4.78 is 2.19. The molecular formula is C16H17Cl2N3O. The molecule has 6 heteroatoms. The maximum absolute atomic E-state index is 10.1. The van der Waals surface area contributed by atoms with Crippen molar-refractivity contribution >= 4 is 23.2 Å². The van der Waals surface area contributed by atoms with Crippen molar-refractivity contribution in [3.05, 3.63) is 45.5 Å². The Morgan fingerprint density at radius 1 is 1.27 bits per heavy atom. The van der Waals surface area contributed by atoms with Gasteiger partial charge in [-0.05, 0) is 25.1 Å². The number of benzene rings is 1. The van der Waals surface area contributed by atoms with E-state index in [9.17, 15) is 5.11 Å². The van der Waals surface area contributed by atoms with E-state index in [0.29, 0.717) is 16.0 Å². The number of hydrogen-bond acceptors (Lipinski definition) is 3. The first-order valence-corrected chi connectivity index (χ1v) is 8.32. The third-order valence-corrected chi connectivity index (χ3v) is 5.54. The van der Waals surface area contributed by atoms with E-state index in [0.717, 1.165) is 43.9 Å². The number of nitrogens with one attached hydrogen (secondary N) is 1. The monoisotopic (exact) mass is 337 g/mol. The molecular weight excluding hydrogens is 321 g/mol. The minimum absolute atomic E-state index is 0.129. The number of aromatic nitrogens is 2. The van der Waals surface area contributed by atoms with Gasteiger partial charge in [-0.25, -0.2) is 4.98 Å². The van der Waals surface area contributed by atoms with E-state index in [4.69, 9.17) is 28.2 Å². The van der Waals surface area contributed by atoms with Gasteiger partial charge in [0.25, 0.3) is 0 Å². The van der Waals surface area contributed by atoms with Crippen molar-refractivity contribution in [3.63, 3.8) is 0 Å². The Labute approximate surface area is 139 Å². The highest BCUT2D eigenvalue weighted by atomic mass is 35.5. The van der Waals surface area contributed by atoms with Crippen molar-refractivity contribution in [1.82, 2.24) is 14.9 Å². The Hall–Kier alpha value is -1.23. The van der Waals surface area contributed by atoms with Gasteiger partial charge in [0, 0.05) is 43.1 Å². The van der Waals surface area contributed by atoms with Gasteiger partial charge < -0.3 is 15.0 Å². The second-order valence-electron chi connectivity index (χ2n) is 6.12. The molecule has 0 aliphatic carbocycles. The number of phenols is 1. The second kappa shape index (κ2) is 5.44. The lowest BCUT2D eigenvalue weighted by Gasteiger charge is -2.14. The predicted octanol–water partition coefficient (Wildman–Crippen LogP) is 3.31. The molecule has 3 heterocycles. The molecule has 116 valence electrons. The molecule has 2 aromatic rings. The SMILES string of the molecule is Oc1ccc(Cl)c(Cl)c1C1Cc2nc(C3CCNC3)cn2C1. The molecule has 4 rings (SSSR count). The van der Waals surface area contributed by atoms with Gasteiger partial charge in [0.2, 0.25) is 0 Å². The third-order valence-electron chi connectivity index (χ3n) is 4.72. The molecule has 0 bridgehead atoms. The number of aromatic hydroxyl groups is 1. The molecule has 4 nitrogen and oxygen atoms in total. The number of phenolic OH excluding ortho intramolecular Hbond substituents is 1. The van der Waals surface area contributed by atoms with Gasteiger partial charge in [0.1, 0.15) is 11.6 Å². The molecule has 2 aliphatic rings. The van der Waals surface area contributed by atoms with Gasteiger partial charge >= 0.3 is 0 Å². The van der Waals surface area contributed by atoms with Crippen LogP contribution in [0.5, 0.6) is 5.75 Å². The van der Waals surface area contributed by atoms with Gasteiger partial charge in [-0.15, -0.1) is 0 Å². The Kier molecular flexibility index (Phi) is 3.56. The van der Waals surface area contributed by atoms with E-state index >= 15 is 0 Å². The van der Waals surface area contributed by atoms with Crippen molar-refractivity contribution in [2.75, 3.05) is 13.1 Å². The normalized spacial score (nSPS) is 23.9. The molecule has 1 aromatic carbocycles. The Morgan fingerprint density at radius 2 is 2.14 bits per heavy atom. The zero-order chi connectivity index (χ0) is 15.3. The molecule has 0 amide bonds. The van der Waals surface area contributed by atoms with Crippen molar-refractivity contribution in [2.45, 2.75) is 31.2 Å². The highest BCUT2D eigenvalue weighted by Gasteiger charge is 2.30. The maximum atomic E-state index is 10.1. The van der Waals surface area contributed by atoms with E-state index in [1.54, 1.807) is 12.1 Å². The van der Waals surface area contributed by atoms with Crippen molar-refractivity contribution in [3.8, 4) is 5.75 Å². The first-order valence-electron chi connectivity index (χ1n) is 7.57. The summed E-state index contributed by atoms with van der Waals surface area (Å²) in [7, 11) is 0. The number of halogens is 2. The molecule has 0 saturated carbocycles. The molecule has 0 radical (unpaired) electrons. The van der Waals surface area contributed by atoms with Crippen molar-refractivity contribution in [1.29, 1.82) is 0 Å². The van der Waals surface area contributed by atoms with Gasteiger partial charge in [0.15, 0.2) is 0 Å². The van der Waals surface area contributed by atoms with Crippen molar-refractivity contribution in [2.24, 2.45) is 0 Å². The average Bonchev–Trinajstić information content (AvgIpc) is 3.17. The first kappa shape index (κ1) is 14.4. The Morgan fingerprint density at radius 3 is 2.86 bits per heavy atom. The summed E-state index contributed by atoms with van der Waals surface area (Å²) in [5.74, 6) is 1.94. The minimum Gasteiger partial charge on any atom is -0.508 e. The predicted molar refractivity (Wildman–Crippen MR) is 87.0 cm³/mol. The molecule has 2 aliphatic heterocycles. The fraction of sp³-hybridized carbons (Fsp3) is 0.438. The molecule has 2 atom stereocenters. The van der Waals surface area contributed by atoms with Crippen LogP contribution < -0.4 is 5.32 Å². The van der Waals surface area contributed by atoms with Crippen LogP contribution in [0.2, 0.25) is 10.0 Å². The highest BCUT2D eigenvalue weighted by Crippen LogP contribution is 2.42. The van der Waals surface area contributed by atoms with Crippen LogP contribution in [0, 0.1) is 0 Å². The standard InChI is InChI=1S/C16H17Cl2N3O/c17-11-1-2-13(22)15(16(11)18)10-5-14-20-12(8-21(14)7-10)9-3-4-19-6-9/h1-2,8-10,19,22H,3-7H2. The van der Waals surface area contributed by atoms with Crippen LogP contribution in [0.1, 0.15) is 35.3 Å². The molecule has 2 unspecified atom stereocenters. The maximum Gasteiger partial charge on any atom is 0.120 e. The first-order chi connectivity index (χ1) is 10.6. The molecule has 1 fully saturated rings. The lowest BCUT2D eigenvalue weighted by Crippen LogP contribution is -2.08. The third kappa shape index (κ3) is 2.30. The lowest BCUT2D eigenvalue weighted by atomic mass is 9.96. The minimum atomic E-state index is 0.129. The Bertz CT molecular complexity index is 699. The summed E-state index contributed by atoms with van der Waals surface area (Å²) in [5.41, 5.74) is 1.92. The zero-order valence-corrected chi connectivity index (χ0v) is 13.5. The summed E-state index contributed by atoms with van der Waals surface area (Å²) in [5, 5.41) is 14.5. The summed E-state index contributed by atoms with van der Waals surface area (Å²) in [4.78, 5) is 4.80. The smallest absolute Gasteiger partial charge is 0.120 e. The van der Waals surface area contributed by atoms with E-state index < -0.39 is 0 Å². The zero-order valence-electron chi connectivity index (χ0n) is 12.0. The lowest BCUT2D eigenvalue weighted by molar-refractivity contribution is 0.459. The quantitative estimate of drug-likeness (QED) is 0.883. The van der Waals surface area contributed by atoms with Crippen LogP contribution in [0.15, 0.2) is 18.3 Å². The second-order valence-corrected chi connectivity index (χ2v) is 6.90. The van der Waals surface area contributed by atoms with E-state index in [1.807, 2.05) is 0 Å². The average molecular weight is 338 g/mol. The van der Waals surface area contributed by atoms with Crippen LogP contribution in [0.3, 0.4) is 0 Å². The number of nitrogens with zero attached hydrogens (tertiary/aromatic N) is 2. The largest absolute Gasteiger partial charge is 0.508 e. The summed E-state index contributed by atoms with van der Waals surface area (Å²) in [6, 6.07) is 3.24. The van der Waals surface area contributed by atoms with Crippen LogP contribution in [0.25, 0.3) is 0 Å². The summed E-state index contributed by atoms with van der Waals surface area (Å²) >= 11 is 12.4. The molecule has 2 N–H and O–H groups in total. The van der Waals surface area contributed by atoms with Gasteiger partial charge in [-0.2, -0.15) is 0 Å². The van der Waals surface area contributed by atoms with Gasteiger partial charge in [0.05, 0.1) is 15.7 Å². The number of imidazole rings is 1. The Balaban J connectivity index is 1.60. The van der Waals surface area contributed by atoms with Gasteiger partial charge in [-0.3, -0.25) is 0 Å². The van der Waals surface area contributed by atoms with Crippen LogP contribution in [-0.4, -0.2) is 27.7 Å².